The maximum Gasteiger partial charge on any atom is 0.323 e. The highest BCUT2D eigenvalue weighted by molar-refractivity contribution is 5.76. The predicted molar refractivity (Wildman–Crippen MR) is 103 cm³/mol. The Balaban J connectivity index is 1.60. The van der Waals surface area contributed by atoms with E-state index in [4.69, 9.17) is 4.74 Å². The van der Waals surface area contributed by atoms with Gasteiger partial charge in [0.1, 0.15) is 6.04 Å². The Labute approximate surface area is 159 Å². The van der Waals surface area contributed by atoms with E-state index in [9.17, 15) is 4.79 Å². The van der Waals surface area contributed by atoms with E-state index in [-0.39, 0.29) is 12.0 Å². The highest BCUT2D eigenvalue weighted by Crippen LogP contribution is 2.25. The standard InChI is InChI=1S/C22H23N3O2/c1-27-22(26)21-12-20-19(15-24(21)13-17-8-4-2-5-9-17)23-16-25(20)14-18-10-6-3-7-11-18/h2-11,16,21H,12-15H2,1H3. The van der Waals surface area contributed by atoms with Crippen molar-refractivity contribution in [3.05, 3.63) is 89.5 Å². The van der Waals surface area contributed by atoms with Gasteiger partial charge >= 0.3 is 5.97 Å². The molecule has 27 heavy (non-hydrogen) atoms. The lowest BCUT2D eigenvalue weighted by molar-refractivity contribution is -0.148. The first-order valence-electron chi connectivity index (χ1n) is 9.17. The molecular formula is C22H23N3O2. The smallest absolute Gasteiger partial charge is 0.323 e. The van der Waals surface area contributed by atoms with E-state index >= 15 is 0 Å². The highest BCUT2D eigenvalue weighted by atomic mass is 16.5. The van der Waals surface area contributed by atoms with Crippen LogP contribution in [-0.2, 0) is 35.6 Å². The van der Waals surface area contributed by atoms with Gasteiger partial charge in [-0.1, -0.05) is 60.7 Å². The Morgan fingerprint density at radius 1 is 1.04 bits per heavy atom. The van der Waals surface area contributed by atoms with Crippen LogP contribution in [0.3, 0.4) is 0 Å². The van der Waals surface area contributed by atoms with Crippen LogP contribution in [-0.4, -0.2) is 33.6 Å². The Morgan fingerprint density at radius 3 is 2.30 bits per heavy atom. The molecule has 0 spiro atoms. The van der Waals surface area contributed by atoms with E-state index in [2.05, 4.69) is 38.7 Å². The molecule has 3 aromatic rings. The number of nitrogens with zero attached hydrogens (tertiary/aromatic N) is 3. The quantitative estimate of drug-likeness (QED) is 0.656. The number of imidazole rings is 1. The van der Waals surface area contributed by atoms with Crippen LogP contribution in [0.25, 0.3) is 0 Å². The first-order chi connectivity index (χ1) is 13.2. The van der Waals surface area contributed by atoms with E-state index in [0.29, 0.717) is 19.5 Å². The fourth-order valence-electron chi connectivity index (χ4n) is 3.70. The van der Waals surface area contributed by atoms with E-state index in [1.165, 1.54) is 18.2 Å². The van der Waals surface area contributed by atoms with Crippen molar-refractivity contribution < 1.29 is 9.53 Å². The van der Waals surface area contributed by atoms with Crippen LogP contribution in [0.5, 0.6) is 0 Å². The molecule has 2 heterocycles. The van der Waals surface area contributed by atoms with Gasteiger partial charge < -0.3 is 9.30 Å². The van der Waals surface area contributed by atoms with Gasteiger partial charge in [-0.2, -0.15) is 0 Å². The fraction of sp³-hybridized carbons (Fsp3) is 0.273. The Bertz CT molecular complexity index is 906. The van der Waals surface area contributed by atoms with Gasteiger partial charge in [-0.3, -0.25) is 9.69 Å². The summed E-state index contributed by atoms with van der Waals surface area (Å²) in [5, 5.41) is 0. The third kappa shape index (κ3) is 3.78. The van der Waals surface area contributed by atoms with Crippen LogP contribution in [0.2, 0.25) is 0 Å². The van der Waals surface area contributed by atoms with Gasteiger partial charge in [0.25, 0.3) is 0 Å². The lowest BCUT2D eigenvalue weighted by atomic mass is 10.0. The van der Waals surface area contributed by atoms with Crippen molar-refractivity contribution in [3.8, 4) is 0 Å². The molecule has 0 bridgehead atoms. The van der Waals surface area contributed by atoms with E-state index in [0.717, 1.165) is 17.9 Å². The first kappa shape index (κ1) is 17.5. The van der Waals surface area contributed by atoms with Crippen molar-refractivity contribution >= 4 is 5.97 Å². The number of ether oxygens (including phenoxy) is 1. The van der Waals surface area contributed by atoms with Gasteiger partial charge in [-0.15, -0.1) is 0 Å². The molecule has 138 valence electrons. The number of hydrogen-bond acceptors (Lipinski definition) is 4. The second-order valence-corrected chi connectivity index (χ2v) is 6.89. The van der Waals surface area contributed by atoms with Crippen molar-refractivity contribution in [1.82, 2.24) is 14.5 Å². The number of aromatic nitrogens is 2. The van der Waals surface area contributed by atoms with Crippen LogP contribution in [0.15, 0.2) is 67.0 Å². The molecule has 5 heteroatoms. The van der Waals surface area contributed by atoms with Gasteiger partial charge in [0.15, 0.2) is 0 Å². The predicted octanol–water partition coefficient (Wildman–Crippen LogP) is 3.03. The largest absolute Gasteiger partial charge is 0.468 e. The fourth-order valence-corrected chi connectivity index (χ4v) is 3.70. The molecule has 0 amide bonds. The summed E-state index contributed by atoms with van der Waals surface area (Å²) in [5.41, 5.74) is 4.57. The number of benzene rings is 2. The molecule has 2 aromatic carbocycles. The number of fused-ring (bicyclic) bond motifs is 1. The Hall–Kier alpha value is -2.92. The average molecular weight is 361 g/mol. The van der Waals surface area contributed by atoms with Gasteiger partial charge in [0.05, 0.1) is 19.1 Å². The topological polar surface area (TPSA) is 47.4 Å². The molecule has 0 aliphatic carbocycles. The molecule has 0 saturated carbocycles. The number of hydrogen-bond donors (Lipinski definition) is 0. The minimum atomic E-state index is -0.297. The lowest BCUT2D eigenvalue weighted by Crippen LogP contribution is -2.46. The molecular weight excluding hydrogens is 338 g/mol. The molecule has 0 N–H and O–H groups in total. The monoisotopic (exact) mass is 361 g/mol. The molecule has 0 radical (unpaired) electrons. The summed E-state index contributed by atoms with van der Waals surface area (Å²) in [6.45, 7) is 2.10. The molecule has 4 rings (SSSR count). The van der Waals surface area contributed by atoms with Gasteiger partial charge in [-0.25, -0.2) is 4.98 Å². The second-order valence-electron chi connectivity index (χ2n) is 6.89. The molecule has 0 fully saturated rings. The first-order valence-corrected chi connectivity index (χ1v) is 9.17. The molecule has 1 aromatic heterocycles. The number of methoxy groups -OCH3 is 1. The van der Waals surface area contributed by atoms with E-state index < -0.39 is 0 Å². The van der Waals surface area contributed by atoms with E-state index in [1.807, 2.05) is 42.7 Å². The van der Waals surface area contributed by atoms with Crippen LogP contribution in [0, 0.1) is 0 Å². The zero-order valence-corrected chi connectivity index (χ0v) is 15.4. The molecule has 1 atom stereocenters. The minimum Gasteiger partial charge on any atom is -0.468 e. The van der Waals surface area contributed by atoms with Crippen LogP contribution in [0.1, 0.15) is 22.5 Å². The molecule has 1 unspecified atom stereocenters. The zero-order chi connectivity index (χ0) is 18.6. The average Bonchev–Trinajstić information content (AvgIpc) is 3.10. The second kappa shape index (κ2) is 7.76. The van der Waals surface area contributed by atoms with Gasteiger partial charge in [0, 0.05) is 31.7 Å². The van der Waals surface area contributed by atoms with Crippen molar-refractivity contribution in [2.24, 2.45) is 0 Å². The SMILES string of the molecule is COC(=O)C1Cc2c(ncn2Cc2ccccc2)CN1Cc1ccccc1. The summed E-state index contributed by atoms with van der Waals surface area (Å²) in [4.78, 5) is 19.3. The molecule has 1 aliphatic rings. The number of carbonyl (C=O) groups is 1. The number of esters is 1. The highest BCUT2D eigenvalue weighted by Gasteiger charge is 2.34. The summed E-state index contributed by atoms with van der Waals surface area (Å²) in [5.74, 6) is -0.191. The Kier molecular flexibility index (Phi) is 5.03. The minimum absolute atomic E-state index is 0.191. The lowest BCUT2D eigenvalue weighted by Gasteiger charge is -2.33. The summed E-state index contributed by atoms with van der Waals surface area (Å²) in [6, 6.07) is 20.2. The molecule has 0 saturated heterocycles. The summed E-state index contributed by atoms with van der Waals surface area (Å²) >= 11 is 0. The van der Waals surface area contributed by atoms with Gasteiger partial charge in [0.2, 0.25) is 0 Å². The third-order valence-electron chi connectivity index (χ3n) is 5.11. The summed E-state index contributed by atoms with van der Waals surface area (Å²) in [7, 11) is 1.46. The van der Waals surface area contributed by atoms with Gasteiger partial charge in [-0.05, 0) is 11.1 Å². The molecule has 1 aliphatic heterocycles. The molecule has 5 nitrogen and oxygen atoms in total. The van der Waals surface area contributed by atoms with Crippen LogP contribution >= 0.6 is 0 Å². The van der Waals surface area contributed by atoms with Crippen LogP contribution < -0.4 is 0 Å². The van der Waals surface area contributed by atoms with Crippen molar-refractivity contribution in [2.75, 3.05) is 7.11 Å². The zero-order valence-electron chi connectivity index (χ0n) is 15.4. The van der Waals surface area contributed by atoms with Crippen molar-refractivity contribution in [3.63, 3.8) is 0 Å². The van der Waals surface area contributed by atoms with Crippen LogP contribution in [0.4, 0.5) is 0 Å². The number of carbonyl (C=O) groups excluding carboxylic acids is 1. The maximum absolute atomic E-state index is 12.5. The summed E-state index contributed by atoms with van der Waals surface area (Å²) in [6.07, 6.45) is 2.50. The van der Waals surface area contributed by atoms with Crippen molar-refractivity contribution in [1.29, 1.82) is 0 Å². The maximum atomic E-state index is 12.5. The Morgan fingerprint density at radius 2 is 1.67 bits per heavy atom. The normalized spacial score (nSPS) is 16.7. The van der Waals surface area contributed by atoms with E-state index in [1.54, 1.807) is 0 Å². The van der Waals surface area contributed by atoms with Crippen molar-refractivity contribution in [2.45, 2.75) is 32.1 Å². The third-order valence-corrected chi connectivity index (χ3v) is 5.11. The number of rotatable bonds is 5. The summed E-state index contributed by atoms with van der Waals surface area (Å²) < 4.78 is 7.25.